The van der Waals surface area contributed by atoms with Crippen molar-refractivity contribution in [1.29, 1.82) is 0 Å². The molecule has 0 aromatic heterocycles. The van der Waals surface area contributed by atoms with E-state index in [0.29, 0.717) is 9.87 Å². The molecule has 0 aliphatic carbocycles. The van der Waals surface area contributed by atoms with E-state index >= 15 is 0 Å². The SMILES string of the molecule is CC(N)c1cccc(S(=O)(=O)N(CCO)CC(F)F)c1. The quantitative estimate of drug-likeness (QED) is 0.785. The van der Waals surface area contributed by atoms with Crippen LogP contribution < -0.4 is 5.73 Å². The maximum Gasteiger partial charge on any atom is 0.252 e. The molecular weight excluding hydrogens is 290 g/mol. The molecule has 1 unspecified atom stereocenters. The molecule has 8 heteroatoms. The van der Waals surface area contributed by atoms with Crippen molar-refractivity contribution in [1.82, 2.24) is 4.31 Å². The highest BCUT2D eigenvalue weighted by Gasteiger charge is 2.27. The van der Waals surface area contributed by atoms with Crippen molar-refractivity contribution in [2.75, 3.05) is 19.7 Å². The van der Waals surface area contributed by atoms with E-state index in [1.165, 1.54) is 18.2 Å². The van der Waals surface area contributed by atoms with Gasteiger partial charge in [0, 0.05) is 12.6 Å². The van der Waals surface area contributed by atoms with Gasteiger partial charge in [-0.1, -0.05) is 12.1 Å². The summed E-state index contributed by atoms with van der Waals surface area (Å²) in [5, 5.41) is 8.83. The average molecular weight is 308 g/mol. The molecule has 0 radical (unpaired) electrons. The summed E-state index contributed by atoms with van der Waals surface area (Å²) in [7, 11) is -4.08. The number of sulfonamides is 1. The predicted octanol–water partition coefficient (Wildman–Crippen LogP) is 0.954. The van der Waals surface area contributed by atoms with E-state index in [0.717, 1.165) is 0 Å². The lowest BCUT2D eigenvalue weighted by molar-refractivity contribution is 0.113. The predicted molar refractivity (Wildman–Crippen MR) is 70.9 cm³/mol. The van der Waals surface area contributed by atoms with Crippen molar-refractivity contribution < 1.29 is 22.3 Å². The largest absolute Gasteiger partial charge is 0.395 e. The van der Waals surface area contributed by atoms with Gasteiger partial charge in [0.05, 0.1) is 18.0 Å². The lowest BCUT2D eigenvalue weighted by Gasteiger charge is -2.21. The van der Waals surface area contributed by atoms with Crippen molar-refractivity contribution in [2.45, 2.75) is 24.3 Å². The Bertz CT molecular complexity index is 535. The summed E-state index contributed by atoms with van der Waals surface area (Å²) in [4.78, 5) is -0.110. The van der Waals surface area contributed by atoms with Gasteiger partial charge in [0.25, 0.3) is 6.43 Å². The zero-order valence-corrected chi connectivity index (χ0v) is 11.9. The Morgan fingerprint density at radius 1 is 1.40 bits per heavy atom. The number of halogens is 2. The van der Waals surface area contributed by atoms with E-state index in [1.807, 2.05) is 0 Å². The Morgan fingerprint density at radius 2 is 2.05 bits per heavy atom. The van der Waals surface area contributed by atoms with Crippen LogP contribution in [0.2, 0.25) is 0 Å². The highest BCUT2D eigenvalue weighted by Crippen LogP contribution is 2.20. The molecule has 5 nitrogen and oxygen atoms in total. The molecule has 3 N–H and O–H groups in total. The second-order valence-electron chi connectivity index (χ2n) is 4.34. The van der Waals surface area contributed by atoms with E-state index in [1.54, 1.807) is 13.0 Å². The number of nitrogens with two attached hydrogens (primary N) is 1. The molecular formula is C12H18F2N2O3S. The molecule has 0 aliphatic rings. The number of nitrogens with zero attached hydrogens (tertiary/aromatic N) is 1. The highest BCUT2D eigenvalue weighted by molar-refractivity contribution is 7.89. The molecule has 0 saturated heterocycles. The third-order valence-electron chi connectivity index (χ3n) is 2.71. The van der Waals surface area contributed by atoms with Crippen LogP contribution in [0.25, 0.3) is 0 Å². The first-order chi connectivity index (χ1) is 9.28. The highest BCUT2D eigenvalue weighted by atomic mass is 32.2. The third kappa shape index (κ3) is 4.20. The van der Waals surface area contributed by atoms with E-state index in [4.69, 9.17) is 10.8 Å². The molecule has 20 heavy (non-hydrogen) atoms. The first kappa shape index (κ1) is 17.0. The number of hydrogen-bond donors (Lipinski definition) is 2. The molecule has 0 bridgehead atoms. The van der Waals surface area contributed by atoms with Crippen LogP contribution in [0.5, 0.6) is 0 Å². The fraction of sp³-hybridized carbons (Fsp3) is 0.500. The zero-order valence-electron chi connectivity index (χ0n) is 11.0. The topological polar surface area (TPSA) is 83.6 Å². The summed E-state index contributed by atoms with van der Waals surface area (Å²) in [5.74, 6) is 0. The van der Waals surface area contributed by atoms with Crippen LogP contribution in [0.1, 0.15) is 18.5 Å². The molecule has 0 spiro atoms. The molecule has 0 heterocycles. The van der Waals surface area contributed by atoms with Gasteiger partial charge in [-0.15, -0.1) is 0 Å². The molecule has 1 aromatic carbocycles. The number of benzene rings is 1. The minimum atomic E-state index is -4.08. The van der Waals surface area contributed by atoms with Crippen molar-refractivity contribution in [2.24, 2.45) is 5.73 Å². The number of aliphatic hydroxyl groups excluding tert-OH is 1. The number of hydrogen-bond acceptors (Lipinski definition) is 4. The fourth-order valence-corrected chi connectivity index (χ4v) is 3.15. The third-order valence-corrected chi connectivity index (χ3v) is 4.57. The standard InChI is InChI=1S/C12H18F2N2O3S/c1-9(15)10-3-2-4-11(7-10)20(18,19)16(5-6-17)8-12(13)14/h2-4,7,9,12,17H,5-6,8,15H2,1H3. The van der Waals surface area contributed by atoms with Gasteiger partial charge >= 0.3 is 0 Å². The lowest BCUT2D eigenvalue weighted by atomic mass is 10.1. The molecule has 1 atom stereocenters. The molecule has 1 aromatic rings. The van der Waals surface area contributed by atoms with Crippen LogP contribution in [0.3, 0.4) is 0 Å². The summed E-state index contributed by atoms with van der Waals surface area (Å²) in [6, 6.07) is 5.47. The summed E-state index contributed by atoms with van der Waals surface area (Å²) in [6.45, 7) is -0.171. The van der Waals surface area contributed by atoms with Gasteiger partial charge in [0.15, 0.2) is 0 Å². The molecule has 114 valence electrons. The number of aliphatic hydroxyl groups is 1. The lowest BCUT2D eigenvalue weighted by Crippen LogP contribution is -2.37. The molecule has 1 rings (SSSR count). The smallest absolute Gasteiger partial charge is 0.252 e. The minimum absolute atomic E-state index is 0.110. The normalized spacial score (nSPS) is 13.9. The Morgan fingerprint density at radius 3 is 2.55 bits per heavy atom. The Labute approximate surface area is 117 Å². The van der Waals surface area contributed by atoms with Gasteiger partial charge in [-0.25, -0.2) is 17.2 Å². The Kier molecular flexibility index (Phi) is 6.00. The van der Waals surface area contributed by atoms with Crippen molar-refractivity contribution in [3.63, 3.8) is 0 Å². The van der Waals surface area contributed by atoms with Gasteiger partial charge in [-0.2, -0.15) is 4.31 Å². The van der Waals surface area contributed by atoms with Gasteiger partial charge in [-0.05, 0) is 24.6 Å². The Hall–Kier alpha value is -1.09. The summed E-state index contributed by atoms with van der Waals surface area (Å²) >= 11 is 0. The number of alkyl halides is 2. The van der Waals surface area contributed by atoms with Crippen LogP contribution in [-0.4, -0.2) is 44.0 Å². The summed E-state index contributed by atoms with van der Waals surface area (Å²) in [5.41, 5.74) is 6.26. The summed E-state index contributed by atoms with van der Waals surface area (Å²) in [6.07, 6.45) is -2.81. The average Bonchev–Trinajstić information content (AvgIpc) is 2.38. The molecule has 0 aliphatic heterocycles. The van der Waals surface area contributed by atoms with Gasteiger partial charge in [0.1, 0.15) is 0 Å². The van der Waals surface area contributed by atoms with Gasteiger partial charge in [0.2, 0.25) is 10.0 Å². The minimum Gasteiger partial charge on any atom is -0.395 e. The number of rotatable bonds is 7. The first-order valence-corrected chi connectivity index (χ1v) is 7.47. The second-order valence-corrected chi connectivity index (χ2v) is 6.28. The van der Waals surface area contributed by atoms with Crippen LogP contribution in [-0.2, 0) is 10.0 Å². The zero-order chi connectivity index (χ0) is 15.3. The van der Waals surface area contributed by atoms with Crippen LogP contribution in [0.4, 0.5) is 8.78 Å². The van der Waals surface area contributed by atoms with E-state index in [-0.39, 0.29) is 17.5 Å². The fourth-order valence-electron chi connectivity index (χ4n) is 1.68. The summed E-state index contributed by atoms with van der Waals surface area (Å²) < 4.78 is 50.0. The first-order valence-electron chi connectivity index (χ1n) is 6.03. The van der Waals surface area contributed by atoms with E-state index in [2.05, 4.69) is 0 Å². The van der Waals surface area contributed by atoms with Crippen molar-refractivity contribution >= 4 is 10.0 Å². The van der Waals surface area contributed by atoms with Crippen molar-refractivity contribution in [3.8, 4) is 0 Å². The van der Waals surface area contributed by atoms with E-state index < -0.39 is 29.6 Å². The van der Waals surface area contributed by atoms with Crippen LogP contribution >= 0.6 is 0 Å². The Balaban J connectivity index is 3.15. The second kappa shape index (κ2) is 7.07. The monoisotopic (exact) mass is 308 g/mol. The maximum atomic E-state index is 12.5. The molecule has 0 saturated carbocycles. The van der Waals surface area contributed by atoms with Gasteiger partial charge in [-0.3, -0.25) is 0 Å². The van der Waals surface area contributed by atoms with Crippen molar-refractivity contribution in [3.05, 3.63) is 29.8 Å². The van der Waals surface area contributed by atoms with Gasteiger partial charge < -0.3 is 10.8 Å². The maximum absolute atomic E-state index is 12.5. The van der Waals surface area contributed by atoms with Crippen LogP contribution in [0.15, 0.2) is 29.2 Å². The van der Waals surface area contributed by atoms with E-state index in [9.17, 15) is 17.2 Å². The van der Waals surface area contributed by atoms with Crippen LogP contribution in [0, 0.1) is 0 Å². The molecule has 0 fully saturated rings. The molecule has 0 amide bonds.